The van der Waals surface area contributed by atoms with E-state index in [1.54, 1.807) is 50.2 Å². The third-order valence-corrected chi connectivity index (χ3v) is 5.55. The van der Waals surface area contributed by atoms with Crippen LogP contribution in [0.4, 0.5) is 4.39 Å². The minimum absolute atomic E-state index is 0.132. The number of carbonyl (C=O) groups excluding carboxylic acids is 1. The Morgan fingerprint density at radius 2 is 1.93 bits per heavy atom. The Labute approximate surface area is 173 Å². The van der Waals surface area contributed by atoms with Crippen LogP contribution < -0.4 is 10.9 Å². The standard InChI is InChI=1S/C22H24FN3O2S/c1-13(2)12-24-20(27)15(4)29-22-25-19-8-6-5-7-17(19)21(28)26(22)16-10-9-14(3)18(23)11-16/h5-11,13,15H,12H2,1-4H3,(H,24,27). The van der Waals surface area contributed by atoms with Crippen LogP contribution in [0.1, 0.15) is 26.3 Å². The Morgan fingerprint density at radius 1 is 1.21 bits per heavy atom. The van der Waals surface area contributed by atoms with Gasteiger partial charge in [0.25, 0.3) is 5.56 Å². The van der Waals surface area contributed by atoms with Gasteiger partial charge in [0.1, 0.15) is 5.82 Å². The SMILES string of the molecule is Cc1ccc(-n2c(SC(C)C(=O)NCC(C)C)nc3ccccc3c2=O)cc1F. The lowest BCUT2D eigenvalue weighted by molar-refractivity contribution is -0.120. The fraction of sp³-hybridized carbons (Fsp3) is 0.318. The number of thioether (sulfide) groups is 1. The zero-order valence-electron chi connectivity index (χ0n) is 16.9. The number of benzene rings is 2. The minimum Gasteiger partial charge on any atom is -0.355 e. The van der Waals surface area contributed by atoms with Crippen molar-refractivity contribution in [2.75, 3.05) is 6.54 Å². The molecule has 0 spiro atoms. The maximum absolute atomic E-state index is 14.2. The minimum atomic E-state index is -0.469. The van der Waals surface area contributed by atoms with Gasteiger partial charge < -0.3 is 5.32 Å². The number of fused-ring (bicyclic) bond motifs is 1. The summed E-state index contributed by atoms with van der Waals surface area (Å²) in [6, 6.07) is 11.6. The topological polar surface area (TPSA) is 64.0 Å². The van der Waals surface area contributed by atoms with Gasteiger partial charge in [0, 0.05) is 6.54 Å². The third kappa shape index (κ3) is 4.67. The van der Waals surface area contributed by atoms with Crippen molar-refractivity contribution in [3.63, 3.8) is 0 Å². The molecule has 29 heavy (non-hydrogen) atoms. The molecule has 5 nitrogen and oxygen atoms in total. The van der Waals surface area contributed by atoms with E-state index in [4.69, 9.17) is 0 Å². The zero-order valence-corrected chi connectivity index (χ0v) is 17.7. The van der Waals surface area contributed by atoms with Gasteiger partial charge in [-0.25, -0.2) is 9.37 Å². The van der Waals surface area contributed by atoms with Gasteiger partial charge in [0.15, 0.2) is 5.16 Å². The molecule has 152 valence electrons. The summed E-state index contributed by atoms with van der Waals surface area (Å²) in [6.07, 6.45) is 0. The Hall–Kier alpha value is -2.67. The molecule has 0 saturated carbocycles. The van der Waals surface area contributed by atoms with Crippen LogP contribution in [0.25, 0.3) is 16.6 Å². The van der Waals surface area contributed by atoms with E-state index in [2.05, 4.69) is 10.3 Å². The molecule has 0 aliphatic heterocycles. The molecule has 1 N–H and O–H groups in total. The average Bonchev–Trinajstić information content (AvgIpc) is 2.68. The number of hydrogen-bond donors (Lipinski definition) is 1. The molecule has 1 heterocycles. The molecule has 0 saturated heterocycles. The first-order valence-corrected chi connectivity index (χ1v) is 10.4. The van der Waals surface area contributed by atoms with Gasteiger partial charge in [-0.15, -0.1) is 0 Å². The first-order chi connectivity index (χ1) is 13.8. The van der Waals surface area contributed by atoms with E-state index in [1.807, 2.05) is 13.8 Å². The van der Waals surface area contributed by atoms with Gasteiger partial charge >= 0.3 is 0 Å². The van der Waals surface area contributed by atoms with Gasteiger partial charge in [-0.05, 0) is 49.6 Å². The molecule has 1 amide bonds. The fourth-order valence-electron chi connectivity index (χ4n) is 2.80. The molecule has 0 aliphatic rings. The summed E-state index contributed by atoms with van der Waals surface area (Å²) in [5, 5.41) is 3.22. The van der Waals surface area contributed by atoms with Crippen molar-refractivity contribution >= 4 is 28.6 Å². The molecular formula is C22H24FN3O2S. The lowest BCUT2D eigenvalue weighted by Gasteiger charge is -2.17. The normalized spacial score (nSPS) is 12.3. The molecule has 1 unspecified atom stereocenters. The Bertz CT molecular complexity index is 1110. The number of aromatic nitrogens is 2. The van der Waals surface area contributed by atoms with E-state index in [0.29, 0.717) is 39.8 Å². The second-order valence-corrected chi connectivity index (χ2v) is 8.69. The quantitative estimate of drug-likeness (QED) is 0.488. The number of amides is 1. The van der Waals surface area contributed by atoms with Crippen molar-refractivity contribution in [3.05, 3.63) is 64.2 Å². The summed E-state index contributed by atoms with van der Waals surface area (Å²) in [4.78, 5) is 30.2. The predicted octanol–water partition coefficient (Wildman–Crippen LogP) is 4.09. The summed E-state index contributed by atoms with van der Waals surface area (Å²) in [6.45, 7) is 8.04. The van der Waals surface area contributed by atoms with E-state index >= 15 is 0 Å². The number of para-hydroxylation sites is 1. The number of nitrogens with zero attached hydrogens (tertiary/aromatic N) is 2. The molecule has 3 aromatic rings. The zero-order chi connectivity index (χ0) is 21.1. The highest BCUT2D eigenvalue weighted by molar-refractivity contribution is 8.00. The van der Waals surface area contributed by atoms with Gasteiger partial charge in [-0.2, -0.15) is 0 Å². The van der Waals surface area contributed by atoms with Crippen molar-refractivity contribution in [3.8, 4) is 5.69 Å². The van der Waals surface area contributed by atoms with Crippen LogP contribution in [0.2, 0.25) is 0 Å². The average molecular weight is 414 g/mol. The highest BCUT2D eigenvalue weighted by Crippen LogP contribution is 2.26. The maximum atomic E-state index is 14.2. The number of halogens is 1. The summed E-state index contributed by atoms with van der Waals surface area (Å²) in [7, 11) is 0. The van der Waals surface area contributed by atoms with Crippen molar-refractivity contribution in [2.24, 2.45) is 5.92 Å². The molecule has 0 aliphatic carbocycles. The lowest BCUT2D eigenvalue weighted by Crippen LogP contribution is -2.34. The number of hydrogen-bond acceptors (Lipinski definition) is 4. The smallest absolute Gasteiger partial charge is 0.266 e. The molecule has 1 aromatic heterocycles. The van der Waals surface area contributed by atoms with E-state index in [1.165, 1.54) is 22.4 Å². The molecule has 3 rings (SSSR count). The van der Waals surface area contributed by atoms with Crippen molar-refractivity contribution in [1.82, 2.24) is 14.9 Å². The Morgan fingerprint density at radius 3 is 2.62 bits per heavy atom. The van der Waals surface area contributed by atoms with E-state index in [0.717, 1.165) is 0 Å². The summed E-state index contributed by atoms with van der Waals surface area (Å²) in [5.41, 5.74) is 1.12. The second kappa shape index (κ2) is 8.78. The van der Waals surface area contributed by atoms with E-state index in [-0.39, 0.29) is 11.5 Å². The third-order valence-electron chi connectivity index (χ3n) is 4.49. The molecule has 1 atom stereocenters. The first-order valence-electron chi connectivity index (χ1n) is 9.50. The molecule has 0 radical (unpaired) electrons. The number of carbonyl (C=O) groups is 1. The summed E-state index contributed by atoms with van der Waals surface area (Å²) < 4.78 is 15.6. The molecule has 0 bridgehead atoms. The number of aryl methyl sites for hydroxylation is 1. The number of nitrogens with one attached hydrogen (secondary N) is 1. The van der Waals surface area contributed by atoms with Crippen LogP contribution in [0.15, 0.2) is 52.4 Å². The Kier molecular flexibility index (Phi) is 6.37. The van der Waals surface area contributed by atoms with Gasteiger partial charge in [0.05, 0.1) is 21.8 Å². The Balaban J connectivity index is 2.08. The maximum Gasteiger partial charge on any atom is 0.266 e. The van der Waals surface area contributed by atoms with Gasteiger partial charge in [-0.3, -0.25) is 14.2 Å². The molecular weight excluding hydrogens is 389 g/mol. The van der Waals surface area contributed by atoms with Crippen LogP contribution >= 0.6 is 11.8 Å². The van der Waals surface area contributed by atoms with Crippen LogP contribution in [0.3, 0.4) is 0 Å². The molecule has 2 aromatic carbocycles. The van der Waals surface area contributed by atoms with Gasteiger partial charge in [-0.1, -0.05) is 43.8 Å². The highest BCUT2D eigenvalue weighted by Gasteiger charge is 2.20. The van der Waals surface area contributed by atoms with Gasteiger partial charge in [0.2, 0.25) is 5.91 Å². The fourth-order valence-corrected chi connectivity index (χ4v) is 3.75. The van der Waals surface area contributed by atoms with E-state index < -0.39 is 11.1 Å². The van der Waals surface area contributed by atoms with Crippen LogP contribution in [0.5, 0.6) is 0 Å². The summed E-state index contributed by atoms with van der Waals surface area (Å²) >= 11 is 1.18. The van der Waals surface area contributed by atoms with E-state index in [9.17, 15) is 14.0 Å². The van der Waals surface area contributed by atoms with Crippen molar-refractivity contribution < 1.29 is 9.18 Å². The van der Waals surface area contributed by atoms with Crippen LogP contribution in [0, 0.1) is 18.7 Å². The highest BCUT2D eigenvalue weighted by atomic mass is 32.2. The predicted molar refractivity (Wildman–Crippen MR) is 115 cm³/mol. The van der Waals surface area contributed by atoms with Crippen LogP contribution in [-0.4, -0.2) is 27.3 Å². The van der Waals surface area contributed by atoms with Crippen molar-refractivity contribution in [2.45, 2.75) is 38.1 Å². The number of rotatable bonds is 6. The van der Waals surface area contributed by atoms with Crippen LogP contribution in [-0.2, 0) is 4.79 Å². The summed E-state index contributed by atoms with van der Waals surface area (Å²) in [5.74, 6) is -0.197. The van der Waals surface area contributed by atoms with Crippen molar-refractivity contribution in [1.29, 1.82) is 0 Å². The largest absolute Gasteiger partial charge is 0.355 e. The monoisotopic (exact) mass is 413 g/mol. The molecule has 0 fully saturated rings. The first kappa shape index (κ1) is 21.0. The lowest BCUT2D eigenvalue weighted by atomic mass is 10.2. The second-order valence-electron chi connectivity index (χ2n) is 7.38. The molecule has 7 heteroatoms.